The van der Waals surface area contributed by atoms with Crippen molar-refractivity contribution in [3.05, 3.63) is 0 Å². The van der Waals surface area contributed by atoms with Crippen molar-refractivity contribution in [2.75, 3.05) is 19.6 Å². The van der Waals surface area contributed by atoms with E-state index in [1.807, 2.05) is 0 Å². The quantitative estimate of drug-likeness (QED) is 0.728. The molecular weight excluding hydrogens is 207 g/mol. The summed E-state index contributed by atoms with van der Waals surface area (Å²) >= 11 is 0. The Balaban J connectivity index is 2.42. The number of hydrogen-bond donors (Lipinski definition) is 0. The third kappa shape index (κ3) is 4.20. The number of hydrogen-bond acceptors (Lipinski definition) is 2. The third-order valence-corrected chi connectivity index (χ3v) is 2.76. The molecule has 0 saturated heterocycles. The van der Waals surface area contributed by atoms with E-state index in [4.69, 9.17) is 0 Å². The second-order valence-electron chi connectivity index (χ2n) is 4.00. The molecule has 0 N–H and O–H groups in total. The van der Waals surface area contributed by atoms with Crippen molar-refractivity contribution in [1.29, 1.82) is 0 Å². The molecule has 1 atom stereocenters. The van der Waals surface area contributed by atoms with Crippen LogP contribution in [0.4, 0.5) is 13.2 Å². The maximum absolute atomic E-state index is 12.1. The second-order valence-corrected chi connectivity index (χ2v) is 4.00. The van der Waals surface area contributed by atoms with Crippen LogP contribution in [-0.2, 0) is 4.79 Å². The fraction of sp³-hybridized carbons (Fsp3) is 0.900. The molecule has 0 radical (unpaired) electrons. The molecule has 1 rings (SSSR count). The summed E-state index contributed by atoms with van der Waals surface area (Å²) in [6.07, 6.45) is -2.06. The minimum Gasteiger partial charge on any atom is -0.299 e. The fourth-order valence-corrected chi connectivity index (χ4v) is 1.95. The Hall–Kier alpha value is -0.580. The first-order chi connectivity index (χ1) is 6.92. The summed E-state index contributed by atoms with van der Waals surface area (Å²) in [5, 5.41) is 0. The van der Waals surface area contributed by atoms with Crippen LogP contribution in [0.1, 0.15) is 26.2 Å². The van der Waals surface area contributed by atoms with Gasteiger partial charge >= 0.3 is 6.18 Å². The minimum absolute atomic E-state index is 0.121. The Kier molecular flexibility index (Phi) is 4.13. The molecule has 0 heterocycles. The molecule has 0 aromatic heterocycles. The van der Waals surface area contributed by atoms with Gasteiger partial charge < -0.3 is 0 Å². The monoisotopic (exact) mass is 223 g/mol. The van der Waals surface area contributed by atoms with Crippen LogP contribution in [0.3, 0.4) is 0 Å². The summed E-state index contributed by atoms with van der Waals surface area (Å²) in [6.45, 7) is 1.37. The zero-order valence-corrected chi connectivity index (χ0v) is 8.81. The number of carbonyl (C=O) groups excluding carboxylic acids is 1. The second kappa shape index (κ2) is 4.96. The van der Waals surface area contributed by atoms with E-state index in [1.165, 1.54) is 4.90 Å². The molecule has 2 nitrogen and oxygen atoms in total. The van der Waals surface area contributed by atoms with Crippen molar-refractivity contribution in [2.24, 2.45) is 5.92 Å². The molecule has 1 aliphatic carbocycles. The normalized spacial score (nSPS) is 22.7. The van der Waals surface area contributed by atoms with Crippen molar-refractivity contribution in [1.82, 2.24) is 4.90 Å². The number of ketones is 1. The van der Waals surface area contributed by atoms with Gasteiger partial charge in [-0.2, -0.15) is 13.2 Å². The maximum Gasteiger partial charge on any atom is 0.401 e. The van der Waals surface area contributed by atoms with Gasteiger partial charge in [-0.1, -0.05) is 6.92 Å². The molecule has 0 aromatic carbocycles. The first-order valence-corrected chi connectivity index (χ1v) is 5.24. The Labute approximate surface area is 87.4 Å². The average Bonchev–Trinajstić information content (AvgIpc) is 2.48. The minimum atomic E-state index is -4.17. The van der Waals surface area contributed by atoms with Crippen LogP contribution >= 0.6 is 0 Å². The summed E-state index contributed by atoms with van der Waals surface area (Å²) in [4.78, 5) is 12.6. The van der Waals surface area contributed by atoms with Gasteiger partial charge in [0.2, 0.25) is 0 Å². The lowest BCUT2D eigenvalue weighted by atomic mass is 10.1. The molecule has 1 saturated carbocycles. The summed E-state index contributed by atoms with van der Waals surface area (Å²) in [5.41, 5.74) is 0. The van der Waals surface area contributed by atoms with Crippen molar-refractivity contribution in [3.63, 3.8) is 0 Å². The zero-order chi connectivity index (χ0) is 11.5. The van der Waals surface area contributed by atoms with E-state index in [9.17, 15) is 18.0 Å². The summed E-state index contributed by atoms with van der Waals surface area (Å²) in [6, 6.07) is 0. The van der Waals surface area contributed by atoms with Crippen molar-refractivity contribution < 1.29 is 18.0 Å². The number of nitrogens with zero attached hydrogens (tertiary/aromatic N) is 1. The van der Waals surface area contributed by atoms with Crippen LogP contribution in [0, 0.1) is 5.92 Å². The van der Waals surface area contributed by atoms with Crippen LogP contribution < -0.4 is 0 Å². The topological polar surface area (TPSA) is 20.3 Å². The van der Waals surface area contributed by atoms with Gasteiger partial charge in [0.15, 0.2) is 0 Å². The Bertz CT molecular complexity index is 227. The molecule has 1 fully saturated rings. The first kappa shape index (κ1) is 12.5. The smallest absolute Gasteiger partial charge is 0.299 e. The van der Waals surface area contributed by atoms with E-state index in [0.29, 0.717) is 13.0 Å². The lowest BCUT2D eigenvalue weighted by Gasteiger charge is -2.24. The SMILES string of the molecule is CCN(CC1CCCC1=O)CC(F)(F)F. The first-order valence-electron chi connectivity index (χ1n) is 5.24. The van der Waals surface area contributed by atoms with Crippen LogP contribution in [0.25, 0.3) is 0 Å². The van der Waals surface area contributed by atoms with Gasteiger partial charge in [-0.05, 0) is 19.4 Å². The molecule has 5 heteroatoms. The average molecular weight is 223 g/mol. The van der Waals surface area contributed by atoms with E-state index in [2.05, 4.69) is 0 Å². The molecule has 0 aromatic rings. The summed E-state index contributed by atoms with van der Waals surface area (Å²) in [5.74, 6) is -0.0528. The highest BCUT2D eigenvalue weighted by Crippen LogP contribution is 2.24. The van der Waals surface area contributed by atoms with Gasteiger partial charge in [0.25, 0.3) is 0 Å². The molecule has 0 amide bonds. The van der Waals surface area contributed by atoms with Crippen LogP contribution in [0.15, 0.2) is 0 Å². The standard InChI is InChI=1S/C10H16F3NO/c1-2-14(7-10(11,12)13)6-8-4-3-5-9(8)15/h8H,2-7H2,1H3. The Morgan fingerprint density at radius 1 is 1.47 bits per heavy atom. The van der Waals surface area contributed by atoms with Gasteiger partial charge in [-0.3, -0.25) is 9.69 Å². The maximum atomic E-state index is 12.1. The van der Waals surface area contributed by atoms with Gasteiger partial charge in [-0.25, -0.2) is 0 Å². The zero-order valence-electron chi connectivity index (χ0n) is 8.81. The van der Waals surface area contributed by atoms with E-state index < -0.39 is 12.7 Å². The van der Waals surface area contributed by atoms with Crippen molar-refractivity contribution in [3.8, 4) is 0 Å². The molecule has 1 aliphatic rings. The molecule has 0 aliphatic heterocycles. The fourth-order valence-electron chi connectivity index (χ4n) is 1.95. The molecule has 0 bridgehead atoms. The van der Waals surface area contributed by atoms with Gasteiger partial charge in [0.05, 0.1) is 6.54 Å². The van der Waals surface area contributed by atoms with Crippen LogP contribution in [-0.4, -0.2) is 36.5 Å². The molecular formula is C10H16F3NO. The van der Waals surface area contributed by atoms with Gasteiger partial charge in [0.1, 0.15) is 5.78 Å². The van der Waals surface area contributed by atoms with Crippen LogP contribution in [0.5, 0.6) is 0 Å². The van der Waals surface area contributed by atoms with E-state index in [-0.39, 0.29) is 18.2 Å². The van der Waals surface area contributed by atoms with Gasteiger partial charge in [-0.15, -0.1) is 0 Å². The number of halogens is 3. The number of carbonyl (C=O) groups is 1. The number of Topliss-reactive ketones (excluding diaryl/α,β-unsaturated/α-hetero) is 1. The highest BCUT2D eigenvalue weighted by Gasteiger charge is 2.33. The summed E-state index contributed by atoms with van der Waals surface area (Å²) in [7, 11) is 0. The largest absolute Gasteiger partial charge is 0.401 e. The number of rotatable bonds is 4. The Morgan fingerprint density at radius 3 is 2.53 bits per heavy atom. The molecule has 0 spiro atoms. The summed E-state index contributed by atoms with van der Waals surface area (Å²) < 4.78 is 36.4. The molecule has 1 unspecified atom stereocenters. The molecule has 88 valence electrons. The van der Waals surface area contributed by atoms with E-state index in [1.54, 1.807) is 6.92 Å². The highest BCUT2D eigenvalue weighted by molar-refractivity contribution is 5.83. The van der Waals surface area contributed by atoms with Crippen molar-refractivity contribution >= 4 is 5.78 Å². The third-order valence-electron chi connectivity index (χ3n) is 2.76. The van der Waals surface area contributed by atoms with E-state index >= 15 is 0 Å². The van der Waals surface area contributed by atoms with E-state index in [0.717, 1.165) is 12.8 Å². The number of alkyl halides is 3. The van der Waals surface area contributed by atoms with Crippen molar-refractivity contribution in [2.45, 2.75) is 32.4 Å². The predicted molar refractivity (Wildman–Crippen MR) is 50.5 cm³/mol. The molecule has 15 heavy (non-hydrogen) atoms. The van der Waals surface area contributed by atoms with Gasteiger partial charge in [0, 0.05) is 18.9 Å². The lowest BCUT2D eigenvalue weighted by molar-refractivity contribution is -0.148. The highest BCUT2D eigenvalue weighted by atomic mass is 19.4. The van der Waals surface area contributed by atoms with Crippen LogP contribution in [0.2, 0.25) is 0 Å². The predicted octanol–water partition coefficient (Wildman–Crippen LogP) is 2.24. The lowest BCUT2D eigenvalue weighted by Crippen LogP contribution is -2.38. The Morgan fingerprint density at radius 2 is 2.13 bits per heavy atom.